The highest BCUT2D eigenvalue weighted by molar-refractivity contribution is 5.96. The maximum atomic E-state index is 12.1. The highest BCUT2D eigenvalue weighted by atomic mass is 16.5. The number of carbonyl (C=O) groups excluding carboxylic acids is 3. The van der Waals surface area contributed by atoms with E-state index >= 15 is 0 Å². The van der Waals surface area contributed by atoms with Crippen molar-refractivity contribution in [3.05, 3.63) is 46.3 Å². The lowest BCUT2D eigenvalue weighted by Crippen LogP contribution is -2.40. The van der Waals surface area contributed by atoms with Gasteiger partial charge in [0.05, 0.1) is 18.7 Å². The summed E-state index contributed by atoms with van der Waals surface area (Å²) in [4.78, 5) is 36.2. The Morgan fingerprint density at radius 2 is 1.79 bits per heavy atom. The minimum atomic E-state index is -1.03. The van der Waals surface area contributed by atoms with Crippen LogP contribution in [0.25, 0.3) is 0 Å². The molecular weight excluding hydrogens is 362 g/mol. The van der Waals surface area contributed by atoms with Gasteiger partial charge in [0.25, 0.3) is 5.91 Å². The zero-order chi connectivity index (χ0) is 20.8. The number of hydrogen-bond donors (Lipinski definition) is 2. The van der Waals surface area contributed by atoms with Crippen LogP contribution in [-0.2, 0) is 25.5 Å². The molecule has 2 N–H and O–H groups in total. The first-order valence-corrected chi connectivity index (χ1v) is 8.94. The highest BCUT2D eigenvalue weighted by Gasteiger charge is 2.21. The van der Waals surface area contributed by atoms with Gasteiger partial charge in [-0.3, -0.25) is 14.4 Å². The quantitative estimate of drug-likeness (QED) is 0.704. The third kappa shape index (κ3) is 5.42. The second-order valence-corrected chi connectivity index (χ2v) is 6.64. The van der Waals surface area contributed by atoms with Crippen LogP contribution in [0.1, 0.15) is 35.1 Å². The lowest BCUT2D eigenvalue weighted by molar-refractivity contribution is -0.154. The molecule has 1 heterocycles. The van der Waals surface area contributed by atoms with Gasteiger partial charge in [-0.2, -0.15) is 0 Å². The van der Waals surface area contributed by atoms with Crippen molar-refractivity contribution in [2.24, 2.45) is 0 Å². The number of anilines is 1. The summed E-state index contributed by atoms with van der Waals surface area (Å²) in [6.45, 7) is 8.43. The lowest BCUT2D eigenvalue weighted by Gasteiger charge is -2.14. The van der Waals surface area contributed by atoms with Crippen molar-refractivity contribution in [1.82, 2.24) is 10.5 Å². The molecule has 0 aliphatic heterocycles. The van der Waals surface area contributed by atoms with Crippen molar-refractivity contribution in [3.63, 3.8) is 0 Å². The second-order valence-electron chi connectivity index (χ2n) is 6.64. The number of hydrogen-bond acceptors (Lipinski definition) is 6. The Labute approximate surface area is 163 Å². The molecule has 1 atom stereocenters. The molecule has 2 aromatic rings. The summed E-state index contributed by atoms with van der Waals surface area (Å²) in [6, 6.07) is 5.68. The topological polar surface area (TPSA) is 111 Å². The van der Waals surface area contributed by atoms with E-state index in [1.807, 2.05) is 32.0 Å². The van der Waals surface area contributed by atoms with Crippen LogP contribution in [0, 0.1) is 27.7 Å². The van der Waals surface area contributed by atoms with Gasteiger partial charge in [0.1, 0.15) is 5.76 Å². The monoisotopic (exact) mass is 387 g/mol. The molecule has 1 aromatic carbocycles. The van der Waals surface area contributed by atoms with Gasteiger partial charge in [0.15, 0.2) is 6.10 Å². The predicted octanol–water partition coefficient (Wildman–Crippen LogP) is 2.14. The molecule has 0 aliphatic rings. The van der Waals surface area contributed by atoms with Gasteiger partial charge in [-0.05, 0) is 45.7 Å². The van der Waals surface area contributed by atoms with Crippen LogP contribution < -0.4 is 10.6 Å². The van der Waals surface area contributed by atoms with Gasteiger partial charge in [0, 0.05) is 11.3 Å². The fraction of sp³-hybridized carbons (Fsp3) is 0.400. The van der Waals surface area contributed by atoms with Crippen LogP contribution in [0.4, 0.5) is 5.69 Å². The SMILES string of the molecule is Cc1cccc(C)c1NC(=O)CNC(=O)C(C)OC(=O)Cc1c(C)noc1C. The molecule has 0 saturated carbocycles. The normalized spacial score (nSPS) is 11.6. The summed E-state index contributed by atoms with van der Waals surface area (Å²) in [5, 5.41) is 9.02. The molecule has 28 heavy (non-hydrogen) atoms. The summed E-state index contributed by atoms with van der Waals surface area (Å²) in [7, 11) is 0. The number of ether oxygens (including phenoxy) is 1. The van der Waals surface area contributed by atoms with Crippen LogP contribution in [-0.4, -0.2) is 35.6 Å². The minimum Gasteiger partial charge on any atom is -0.452 e. The molecule has 1 aromatic heterocycles. The van der Waals surface area contributed by atoms with Gasteiger partial charge in [-0.25, -0.2) is 0 Å². The van der Waals surface area contributed by atoms with Crippen LogP contribution in [0.5, 0.6) is 0 Å². The summed E-state index contributed by atoms with van der Waals surface area (Å²) in [6.07, 6.45) is -1.06. The maximum Gasteiger partial charge on any atom is 0.311 e. The van der Waals surface area contributed by atoms with Crippen LogP contribution >= 0.6 is 0 Å². The molecule has 0 saturated heterocycles. The first kappa shape index (κ1) is 21.1. The zero-order valence-corrected chi connectivity index (χ0v) is 16.7. The number of aromatic nitrogens is 1. The number of benzene rings is 1. The number of amides is 2. The molecule has 8 heteroatoms. The van der Waals surface area contributed by atoms with Crippen LogP contribution in [0.15, 0.2) is 22.7 Å². The van der Waals surface area contributed by atoms with Crippen molar-refractivity contribution >= 4 is 23.5 Å². The fourth-order valence-corrected chi connectivity index (χ4v) is 2.70. The average Bonchev–Trinajstić information content (AvgIpc) is 2.94. The second kappa shape index (κ2) is 9.16. The molecule has 0 bridgehead atoms. The first-order valence-electron chi connectivity index (χ1n) is 8.94. The number of aryl methyl sites for hydroxylation is 4. The Balaban J connectivity index is 1.82. The standard InChI is InChI=1S/C20H25N3O5/c1-11-7-6-8-12(2)19(11)22-17(24)10-21-20(26)15(5)27-18(25)9-16-13(3)23-28-14(16)4/h6-8,15H,9-10H2,1-5H3,(H,21,26)(H,22,24). The minimum absolute atomic E-state index is 0.0359. The van der Waals surface area contributed by atoms with E-state index in [1.165, 1.54) is 6.92 Å². The van der Waals surface area contributed by atoms with E-state index in [-0.39, 0.29) is 18.9 Å². The number of para-hydroxylation sites is 1. The summed E-state index contributed by atoms with van der Waals surface area (Å²) < 4.78 is 10.1. The average molecular weight is 387 g/mol. The molecule has 0 aliphatic carbocycles. The van der Waals surface area contributed by atoms with Gasteiger partial charge in [-0.1, -0.05) is 23.4 Å². The van der Waals surface area contributed by atoms with Crippen LogP contribution in [0.3, 0.4) is 0 Å². The largest absolute Gasteiger partial charge is 0.452 e. The van der Waals surface area contributed by atoms with E-state index in [0.717, 1.165) is 16.8 Å². The predicted molar refractivity (Wildman–Crippen MR) is 103 cm³/mol. The van der Waals surface area contributed by atoms with E-state index in [1.54, 1.807) is 13.8 Å². The Bertz CT molecular complexity index is 848. The van der Waals surface area contributed by atoms with Crippen molar-refractivity contribution in [2.45, 2.75) is 47.1 Å². The van der Waals surface area contributed by atoms with Crippen molar-refractivity contribution in [1.29, 1.82) is 0 Å². The van der Waals surface area contributed by atoms with E-state index in [2.05, 4.69) is 15.8 Å². The molecule has 0 spiro atoms. The van der Waals surface area contributed by atoms with Gasteiger partial charge >= 0.3 is 5.97 Å². The molecule has 0 fully saturated rings. The van der Waals surface area contributed by atoms with Crippen LogP contribution in [0.2, 0.25) is 0 Å². The number of carbonyl (C=O) groups is 3. The Hall–Kier alpha value is -3.16. The Morgan fingerprint density at radius 1 is 1.14 bits per heavy atom. The van der Waals surface area contributed by atoms with E-state index < -0.39 is 18.0 Å². The first-order chi connectivity index (χ1) is 13.2. The highest BCUT2D eigenvalue weighted by Crippen LogP contribution is 2.19. The molecule has 0 radical (unpaired) electrons. The maximum absolute atomic E-state index is 12.1. The number of nitrogens with one attached hydrogen (secondary N) is 2. The number of rotatable bonds is 7. The summed E-state index contributed by atoms with van der Waals surface area (Å²) in [5.74, 6) is -0.949. The molecular formula is C20H25N3O5. The number of esters is 1. The number of nitrogens with zero attached hydrogens (tertiary/aromatic N) is 1. The fourth-order valence-electron chi connectivity index (χ4n) is 2.70. The van der Waals surface area contributed by atoms with E-state index in [9.17, 15) is 14.4 Å². The van der Waals surface area contributed by atoms with Gasteiger partial charge in [0.2, 0.25) is 5.91 Å². The smallest absolute Gasteiger partial charge is 0.311 e. The van der Waals surface area contributed by atoms with E-state index in [0.29, 0.717) is 17.0 Å². The van der Waals surface area contributed by atoms with Crippen molar-refractivity contribution < 1.29 is 23.6 Å². The van der Waals surface area contributed by atoms with Crippen molar-refractivity contribution in [3.8, 4) is 0 Å². The van der Waals surface area contributed by atoms with E-state index in [4.69, 9.17) is 9.26 Å². The third-order valence-corrected chi connectivity index (χ3v) is 4.35. The molecule has 150 valence electrons. The lowest BCUT2D eigenvalue weighted by atomic mass is 10.1. The molecule has 1 unspecified atom stereocenters. The zero-order valence-electron chi connectivity index (χ0n) is 16.7. The Morgan fingerprint density at radius 3 is 2.36 bits per heavy atom. The molecule has 2 amide bonds. The van der Waals surface area contributed by atoms with Gasteiger partial charge in [-0.15, -0.1) is 0 Å². The summed E-state index contributed by atoms with van der Waals surface area (Å²) in [5.41, 5.74) is 3.84. The Kier molecular flexibility index (Phi) is 6.92. The molecule has 2 rings (SSSR count). The molecule has 8 nitrogen and oxygen atoms in total. The summed E-state index contributed by atoms with van der Waals surface area (Å²) >= 11 is 0. The van der Waals surface area contributed by atoms with Crippen molar-refractivity contribution in [2.75, 3.05) is 11.9 Å². The van der Waals surface area contributed by atoms with Gasteiger partial charge < -0.3 is 19.9 Å². The third-order valence-electron chi connectivity index (χ3n) is 4.35.